The first-order valence-electron chi connectivity index (χ1n) is 8.18. The highest BCUT2D eigenvalue weighted by molar-refractivity contribution is 4.96. The quantitative estimate of drug-likeness (QED) is 0.801. The molecule has 112 valence electrons. The molecule has 0 aromatic heterocycles. The van der Waals surface area contributed by atoms with E-state index in [0.717, 1.165) is 37.8 Å². The molecule has 2 bridgehead atoms. The second kappa shape index (κ2) is 6.55. The smallest absolute Gasteiger partial charge is 0.0752 e. The van der Waals surface area contributed by atoms with E-state index in [9.17, 15) is 0 Å². The van der Waals surface area contributed by atoms with Crippen LogP contribution in [0, 0.1) is 0 Å². The molecule has 19 heavy (non-hydrogen) atoms. The molecule has 0 amide bonds. The predicted molar refractivity (Wildman–Crippen MR) is 80.5 cm³/mol. The first-order valence-corrected chi connectivity index (χ1v) is 8.18. The lowest BCUT2D eigenvalue weighted by molar-refractivity contribution is -0.0749. The van der Waals surface area contributed by atoms with E-state index in [1.54, 1.807) is 0 Å². The second-order valence-electron chi connectivity index (χ2n) is 6.83. The van der Waals surface area contributed by atoms with E-state index >= 15 is 0 Å². The van der Waals surface area contributed by atoms with Gasteiger partial charge in [-0.1, -0.05) is 13.3 Å². The van der Waals surface area contributed by atoms with Gasteiger partial charge in [0.25, 0.3) is 0 Å². The van der Waals surface area contributed by atoms with Crippen molar-refractivity contribution in [1.29, 1.82) is 0 Å². The Kier molecular flexibility index (Phi) is 5.27. The Labute approximate surface area is 119 Å². The molecule has 3 heteroatoms. The van der Waals surface area contributed by atoms with Crippen LogP contribution >= 0.6 is 0 Å². The highest BCUT2D eigenvalue weighted by atomic mass is 16.5. The fourth-order valence-corrected chi connectivity index (χ4v) is 4.07. The number of piperidine rings is 2. The minimum Gasteiger partial charge on any atom is -0.375 e. The molecule has 0 radical (unpaired) electrons. The molecule has 2 unspecified atom stereocenters. The highest BCUT2D eigenvalue weighted by Gasteiger charge is 2.40. The summed E-state index contributed by atoms with van der Waals surface area (Å²) in [5.41, 5.74) is -0.00634. The van der Waals surface area contributed by atoms with Crippen LogP contribution in [0.1, 0.15) is 59.8 Å². The molecular formula is C16H32N2O. The van der Waals surface area contributed by atoms with Gasteiger partial charge in [-0.05, 0) is 53.0 Å². The number of ether oxygens (including phenoxy) is 1. The molecule has 2 fully saturated rings. The number of rotatable bonds is 6. The van der Waals surface area contributed by atoms with E-state index in [1.165, 1.54) is 32.1 Å². The van der Waals surface area contributed by atoms with Crippen molar-refractivity contribution in [3.05, 3.63) is 0 Å². The molecule has 0 aromatic carbocycles. The number of nitrogens with one attached hydrogen (secondary N) is 1. The number of hydrogen-bond acceptors (Lipinski definition) is 3. The summed E-state index contributed by atoms with van der Waals surface area (Å²) < 4.78 is 5.91. The van der Waals surface area contributed by atoms with Crippen LogP contribution in [0.4, 0.5) is 0 Å². The van der Waals surface area contributed by atoms with Crippen LogP contribution in [-0.2, 0) is 4.74 Å². The van der Waals surface area contributed by atoms with Crippen molar-refractivity contribution in [2.45, 2.75) is 83.5 Å². The van der Waals surface area contributed by atoms with Crippen LogP contribution in [0.2, 0.25) is 0 Å². The van der Waals surface area contributed by atoms with Crippen molar-refractivity contribution < 1.29 is 4.74 Å². The van der Waals surface area contributed by atoms with E-state index in [-0.39, 0.29) is 5.60 Å². The van der Waals surface area contributed by atoms with Gasteiger partial charge in [-0.2, -0.15) is 0 Å². The third-order valence-corrected chi connectivity index (χ3v) is 4.72. The topological polar surface area (TPSA) is 24.5 Å². The van der Waals surface area contributed by atoms with E-state index in [0.29, 0.717) is 0 Å². The van der Waals surface area contributed by atoms with Gasteiger partial charge in [0.1, 0.15) is 0 Å². The Morgan fingerprint density at radius 3 is 2.32 bits per heavy atom. The van der Waals surface area contributed by atoms with Crippen molar-refractivity contribution in [2.24, 2.45) is 0 Å². The maximum atomic E-state index is 5.91. The number of nitrogens with zero attached hydrogens (tertiary/aromatic N) is 1. The summed E-state index contributed by atoms with van der Waals surface area (Å²) in [5.74, 6) is 0. The fraction of sp³-hybridized carbons (Fsp3) is 1.00. The first-order chi connectivity index (χ1) is 9.05. The monoisotopic (exact) mass is 268 g/mol. The largest absolute Gasteiger partial charge is 0.375 e. The number of fused-ring (bicyclic) bond motifs is 2. The SMILES string of the molecule is CCNC1CC2CCCC(C1)N2CC(C)(C)OCC. The Balaban J connectivity index is 1.98. The van der Waals surface area contributed by atoms with Gasteiger partial charge in [0.2, 0.25) is 0 Å². The molecule has 2 atom stereocenters. The summed E-state index contributed by atoms with van der Waals surface area (Å²) in [4.78, 5) is 2.76. The lowest BCUT2D eigenvalue weighted by Gasteiger charge is -2.51. The van der Waals surface area contributed by atoms with Gasteiger partial charge in [0.05, 0.1) is 5.60 Å². The Bertz CT molecular complexity index is 266. The molecule has 2 saturated heterocycles. The van der Waals surface area contributed by atoms with Gasteiger partial charge >= 0.3 is 0 Å². The van der Waals surface area contributed by atoms with Crippen molar-refractivity contribution in [3.8, 4) is 0 Å². The van der Waals surface area contributed by atoms with Crippen molar-refractivity contribution >= 4 is 0 Å². The Morgan fingerprint density at radius 2 is 1.79 bits per heavy atom. The molecule has 1 N–H and O–H groups in total. The third kappa shape index (κ3) is 3.93. The maximum Gasteiger partial charge on any atom is 0.0752 e. The van der Waals surface area contributed by atoms with E-state index in [2.05, 4.69) is 37.9 Å². The molecular weight excluding hydrogens is 236 g/mol. The Morgan fingerprint density at radius 1 is 1.16 bits per heavy atom. The average molecular weight is 268 g/mol. The molecule has 2 heterocycles. The summed E-state index contributed by atoms with van der Waals surface area (Å²) in [6, 6.07) is 2.29. The molecule has 0 spiro atoms. The van der Waals surface area contributed by atoms with Crippen LogP contribution in [0.3, 0.4) is 0 Å². The van der Waals surface area contributed by atoms with Crippen molar-refractivity contribution in [3.63, 3.8) is 0 Å². The molecule has 0 aliphatic carbocycles. The maximum absolute atomic E-state index is 5.91. The summed E-state index contributed by atoms with van der Waals surface area (Å²) in [5, 5.41) is 3.66. The molecule has 0 aromatic rings. The lowest BCUT2D eigenvalue weighted by atomic mass is 9.81. The van der Waals surface area contributed by atoms with Crippen LogP contribution in [0.25, 0.3) is 0 Å². The normalized spacial score (nSPS) is 32.5. The summed E-state index contributed by atoms with van der Waals surface area (Å²) >= 11 is 0. The lowest BCUT2D eigenvalue weighted by Crippen LogP contribution is -2.59. The average Bonchev–Trinajstić information content (AvgIpc) is 2.29. The van der Waals surface area contributed by atoms with E-state index in [1.807, 2.05) is 0 Å². The van der Waals surface area contributed by atoms with Crippen LogP contribution in [-0.4, -0.2) is 48.3 Å². The van der Waals surface area contributed by atoms with Gasteiger partial charge in [0.15, 0.2) is 0 Å². The molecule has 2 aliphatic rings. The summed E-state index contributed by atoms with van der Waals surface area (Å²) in [7, 11) is 0. The van der Waals surface area contributed by atoms with Gasteiger partial charge in [0, 0.05) is 31.3 Å². The molecule has 0 saturated carbocycles. The minimum atomic E-state index is -0.00634. The highest BCUT2D eigenvalue weighted by Crippen LogP contribution is 2.35. The zero-order chi connectivity index (χ0) is 13.9. The minimum absolute atomic E-state index is 0.00634. The van der Waals surface area contributed by atoms with Crippen LogP contribution in [0.5, 0.6) is 0 Å². The van der Waals surface area contributed by atoms with Crippen LogP contribution < -0.4 is 5.32 Å². The molecule has 2 rings (SSSR count). The van der Waals surface area contributed by atoms with Gasteiger partial charge in [-0.3, -0.25) is 4.90 Å². The van der Waals surface area contributed by atoms with Gasteiger partial charge < -0.3 is 10.1 Å². The van der Waals surface area contributed by atoms with Gasteiger partial charge in [-0.25, -0.2) is 0 Å². The van der Waals surface area contributed by atoms with E-state index in [4.69, 9.17) is 4.74 Å². The van der Waals surface area contributed by atoms with E-state index < -0.39 is 0 Å². The Hall–Kier alpha value is -0.120. The fourth-order valence-electron chi connectivity index (χ4n) is 4.07. The third-order valence-electron chi connectivity index (χ3n) is 4.72. The molecule has 2 aliphatic heterocycles. The van der Waals surface area contributed by atoms with Crippen molar-refractivity contribution in [2.75, 3.05) is 19.7 Å². The van der Waals surface area contributed by atoms with Crippen LogP contribution in [0.15, 0.2) is 0 Å². The molecule has 3 nitrogen and oxygen atoms in total. The number of hydrogen-bond donors (Lipinski definition) is 1. The predicted octanol–water partition coefficient (Wildman–Crippen LogP) is 2.80. The zero-order valence-electron chi connectivity index (χ0n) is 13.2. The van der Waals surface area contributed by atoms with Gasteiger partial charge in [-0.15, -0.1) is 0 Å². The zero-order valence-corrected chi connectivity index (χ0v) is 13.2. The summed E-state index contributed by atoms with van der Waals surface area (Å²) in [6.07, 6.45) is 6.82. The standard InChI is InChI=1S/C16H32N2O/c1-5-17-13-10-14-8-7-9-15(11-13)18(14)12-16(3,4)19-6-2/h13-15,17H,5-12H2,1-4H3. The first kappa shape index (κ1) is 15.3. The van der Waals surface area contributed by atoms with Crippen molar-refractivity contribution in [1.82, 2.24) is 10.2 Å². The summed E-state index contributed by atoms with van der Waals surface area (Å²) in [6.45, 7) is 11.8. The second-order valence-corrected chi connectivity index (χ2v) is 6.83.